The largest absolute Gasteiger partial charge is 0.484 e. The van der Waals surface area contributed by atoms with Gasteiger partial charge in [0.2, 0.25) is 0 Å². The molecule has 0 radical (unpaired) electrons. The standard InChI is InChI=1S/C15H18F3NO2/c1-11-6-8-19(9-7-11)14(20)10-21-13-4-2-12(3-5-13)15(16,17)18/h2-5,11H,6-10H2,1H3. The highest BCUT2D eigenvalue weighted by Crippen LogP contribution is 2.30. The first kappa shape index (κ1) is 15.7. The highest BCUT2D eigenvalue weighted by molar-refractivity contribution is 5.77. The fourth-order valence-corrected chi connectivity index (χ4v) is 2.23. The molecule has 0 N–H and O–H groups in total. The lowest BCUT2D eigenvalue weighted by Crippen LogP contribution is -2.40. The molecule has 116 valence electrons. The van der Waals surface area contributed by atoms with E-state index in [-0.39, 0.29) is 18.3 Å². The number of hydrogen-bond acceptors (Lipinski definition) is 2. The summed E-state index contributed by atoms with van der Waals surface area (Å²) in [5.41, 5.74) is -0.730. The molecular weight excluding hydrogens is 283 g/mol. The van der Waals surface area contributed by atoms with Crippen molar-refractivity contribution in [3.05, 3.63) is 29.8 Å². The normalized spacial score (nSPS) is 16.9. The summed E-state index contributed by atoms with van der Waals surface area (Å²) in [6, 6.07) is 4.35. The number of carbonyl (C=O) groups excluding carboxylic acids is 1. The van der Waals surface area contributed by atoms with Gasteiger partial charge in [-0.2, -0.15) is 13.2 Å². The lowest BCUT2D eigenvalue weighted by Gasteiger charge is -2.30. The van der Waals surface area contributed by atoms with Gasteiger partial charge >= 0.3 is 6.18 Å². The van der Waals surface area contributed by atoms with Gasteiger partial charge in [0.1, 0.15) is 5.75 Å². The Morgan fingerprint density at radius 2 is 1.81 bits per heavy atom. The molecule has 1 saturated heterocycles. The third-order valence-corrected chi connectivity index (χ3v) is 3.68. The summed E-state index contributed by atoms with van der Waals surface area (Å²) in [6.45, 7) is 3.45. The van der Waals surface area contributed by atoms with E-state index in [9.17, 15) is 18.0 Å². The predicted molar refractivity (Wildman–Crippen MR) is 71.9 cm³/mol. The minimum absolute atomic E-state index is 0.123. The number of benzene rings is 1. The molecule has 1 fully saturated rings. The van der Waals surface area contributed by atoms with Crippen molar-refractivity contribution in [2.45, 2.75) is 25.9 Å². The second kappa shape index (κ2) is 6.37. The molecule has 0 aromatic heterocycles. The predicted octanol–water partition coefficient (Wildman–Crippen LogP) is 3.34. The minimum atomic E-state index is -4.36. The van der Waals surface area contributed by atoms with E-state index in [1.54, 1.807) is 4.90 Å². The van der Waals surface area contributed by atoms with Gasteiger partial charge in [0, 0.05) is 13.1 Å². The van der Waals surface area contributed by atoms with Crippen LogP contribution in [0.5, 0.6) is 5.75 Å². The van der Waals surface area contributed by atoms with E-state index >= 15 is 0 Å². The number of hydrogen-bond donors (Lipinski definition) is 0. The summed E-state index contributed by atoms with van der Waals surface area (Å²) >= 11 is 0. The Kier molecular flexibility index (Phi) is 4.75. The van der Waals surface area contributed by atoms with Gasteiger partial charge in [-0.25, -0.2) is 0 Å². The highest BCUT2D eigenvalue weighted by Gasteiger charge is 2.30. The highest BCUT2D eigenvalue weighted by atomic mass is 19.4. The molecule has 1 aliphatic heterocycles. The number of amides is 1. The third kappa shape index (κ3) is 4.37. The van der Waals surface area contributed by atoms with Gasteiger partial charge in [-0.1, -0.05) is 6.92 Å². The van der Waals surface area contributed by atoms with Crippen LogP contribution >= 0.6 is 0 Å². The van der Waals surface area contributed by atoms with Crippen molar-refractivity contribution in [3.63, 3.8) is 0 Å². The average Bonchev–Trinajstić information content (AvgIpc) is 2.45. The van der Waals surface area contributed by atoms with Gasteiger partial charge in [-0.05, 0) is 43.0 Å². The van der Waals surface area contributed by atoms with E-state index in [2.05, 4.69) is 6.92 Å². The number of likely N-dealkylation sites (tertiary alicyclic amines) is 1. The Morgan fingerprint density at radius 1 is 1.24 bits per heavy atom. The molecule has 1 heterocycles. The van der Waals surface area contributed by atoms with E-state index in [0.29, 0.717) is 5.92 Å². The molecule has 0 atom stereocenters. The molecule has 0 unspecified atom stereocenters. The summed E-state index contributed by atoms with van der Waals surface area (Å²) in [7, 11) is 0. The number of piperidine rings is 1. The van der Waals surface area contributed by atoms with Crippen LogP contribution in [0.1, 0.15) is 25.3 Å². The topological polar surface area (TPSA) is 29.5 Å². The number of halogens is 3. The van der Waals surface area contributed by atoms with E-state index in [1.807, 2.05) is 0 Å². The smallest absolute Gasteiger partial charge is 0.416 e. The monoisotopic (exact) mass is 301 g/mol. The van der Waals surface area contributed by atoms with Crippen molar-refractivity contribution in [2.75, 3.05) is 19.7 Å². The van der Waals surface area contributed by atoms with E-state index in [0.717, 1.165) is 38.1 Å². The average molecular weight is 301 g/mol. The van der Waals surface area contributed by atoms with Crippen molar-refractivity contribution >= 4 is 5.91 Å². The molecule has 2 rings (SSSR count). The van der Waals surface area contributed by atoms with Crippen LogP contribution in [0.25, 0.3) is 0 Å². The van der Waals surface area contributed by atoms with Crippen LogP contribution in [-0.2, 0) is 11.0 Å². The van der Waals surface area contributed by atoms with Gasteiger partial charge < -0.3 is 9.64 Å². The fraction of sp³-hybridized carbons (Fsp3) is 0.533. The molecule has 1 aromatic rings. The summed E-state index contributed by atoms with van der Waals surface area (Å²) in [6.07, 6.45) is -2.41. The Hall–Kier alpha value is -1.72. The zero-order valence-electron chi connectivity index (χ0n) is 11.8. The maximum absolute atomic E-state index is 12.4. The van der Waals surface area contributed by atoms with E-state index < -0.39 is 11.7 Å². The SMILES string of the molecule is CC1CCN(C(=O)COc2ccc(C(F)(F)F)cc2)CC1. The van der Waals surface area contributed by atoms with Gasteiger partial charge in [0.25, 0.3) is 5.91 Å². The first-order chi connectivity index (χ1) is 9.86. The van der Waals surface area contributed by atoms with Crippen LogP contribution in [0, 0.1) is 5.92 Å². The van der Waals surface area contributed by atoms with Crippen molar-refractivity contribution in [3.8, 4) is 5.75 Å². The number of alkyl halides is 3. The fourth-order valence-electron chi connectivity index (χ4n) is 2.23. The lowest BCUT2D eigenvalue weighted by molar-refractivity contribution is -0.138. The summed E-state index contributed by atoms with van der Waals surface area (Å²) < 4.78 is 42.5. The second-order valence-corrected chi connectivity index (χ2v) is 5.37. The minimum Gasteiger partial charge on any atom is -0.484 e. The van der Waals surface area contributed by atoms with E-state index in [4.69, 9.17) is 4.74 Å². The van der Waals surface area contributed by atoms with Gasteiger partial charge in [0.15, 0.2) is 6.61 Å². The maximum atomic E-state index is 12.4. The number of ether oxygens (including phenoxy) is 1. The first-order valence-electron chi connectivity index (χ1n) is 6.94. The Balaban J connectivity index is 1.84. The van der Waals surface area contributed by atoms with Crippen LogP contribution in [0.4, 0.5) is 13.2 Å². The molecule has 6 heteroatoms. The van der Waals surface area contributed by atoms with Crippen LogP contribution in [-0.4, -0.2) is 30.5 Å². The van der Waals surface area contributed by atoms with Crippen LogP contribution in [0.2, 0.25) is 0 Å². The molecule has 0 bridgehead atoms. The molecule has 0 saturated carbocycles. The van der Waals surface area contributed by atoms with Gasteiger partial charge in [-0.3, -0.25) is 4.79 Å². The Labute approximate surface area is 121 Å². The number of rotatable bonds is 3. The van der Waals surface area contributed by atoms with Crippen molar-refractivity contribution in [1.82, 2.24) is 4.90 Å². The van der Waals surface area contributed by atoms with Crippen LogP contribution in [0.3, 0.4) is 0 Å². The summed E-state index contributed by atoms with van der Waals surface area (Å²) in [4.78, 5) is 13.7. The van der Waals surface area contributed by atoms with Gasteiger partial charge in [-0.15, -0.1) is 0 Å². The molecule has 1 aliphatic rings. The molecule has 0 spiro atoms. The Morgan fingerprint density at radius 3 is 2.33 bits per heavy atom. The molecule has 3 nitrogen and oxygen atoms in total. The quantitative estimate of drug-likeness (QED) is 0.857. The van der Waals surface area contributed by atoms with Crippen molar-refractivity contribution < 1.29 is 22.7 Å². The van der Waals surface area contributed by atoms with Crippen molar-refractivity contribution in [1.29, 1.82) is 0 Å². The van der Waals surface area contributed by atoms with Crippen molar-refractivity contribution in [2.24, 2.45) is 5.92 Å². The van der Waals surface area contributed by atoms with E-state index in [1.165, 1.54) is 12.1 Å². The third-order valence-electron chi connectivity index (χ3n) is 3.68. The summed E-state index contributed by atoms with van der Waals surface area (Å²) in [5.74, 6) is 0.772. The molecule has 0 aliphatic carbocycles. The zero-order chi connectivity index (χ0) is 15.5. The molecule has 1 amide bonds. The number of carbonyl (C=O) groups is 1. The number of nitrogens with zero attached hydrogens (tertiary/aromatic N) is 1. The lowest BCUT2D eigenvalue weighted by atomic mass is 9.99. The molecular formula is C15H18F3NO2. The maximum Gasteiger partial charge on any atom is 0.416 e. The Bertz CT molecular complexity index is 477. The first-order valence-corrected chi connectivity index (χ1v) is 6.94. The zero-order valence-corrected chi connectivity index (χ0v) is 11.8. The van der Waals surface area contributed by atoms with Crippen LogP contribution < -0.4 is 4.74 Å². The molecule has 21 heavy (non-hydrogen) atoms. The second-order valence-electron chi connectivity index (χ2n) is 5.37. The van der Waals surface area contributed by atoms with Gasteiger partial charge in [0.05, 0.1) is 5.56 Å². The molecule has 1 aromatic carbocycles. The van der Waals surface area contributed by atoms with Crippen LogP contribution in [0.15, 0.2) is 24.3 Å². The summed E-state index contributed by atoms with van der Waals surface area (Å²) in [5, 5.41) is 0.